The van der Waals surface area contributed by atoms with Gasteiger partial charge in [0, 0.05) is 30.5 Å². The molecular weight excluding hydrogens is 509 g/mol. The first-order chi connectivity index (χ1) is 17.8. The Labute approximate surface area is 213 Å². The molecule has 4 N–H and O–H groups in total. The Kier molecular flexibility index (Phi) is 7.38. The Morgan fingerprint density at radius 1 is 1.16 bits per heavy atom. The molecule has 1 unspecified atom stereocenters. The van der Waals surface area contributed by atoms with Crippen LogP contribution in [0.2, 0.25) is 0 Å². The zero-order valence-electron chi connectivity index (χ0n) is 19.6. The minimum absolute atomic E-state index is 0.0205. The molecule has 5 rings (SSSR count). The second-order valence-electron chi connectivity index (χ2n) is 9.03. The van der Waals surface area contributed by atoms with Gasteiger partial charge >= 0.3 is 0 Å². The molecule has 13 heteroatoms. The van der Waals surface area contributed by atoms with Gasteiger partial charge in [0.25, 0.3) is 0 Å². The summed E-state index contributed by atoms with van der Waals surface area (Å²) in [6.45, 7) is 1.77. The van der Waals surface area contributed by atoms with Crippen molar-refractivity contribution in [3.63, 3.8) is 0 Å². The number of aromatic nitrogens is 3. The van der Waals surface area contributed by atoms with Crippen LogP contribution in [0.4, 0.5) is 19.1 Å². The fourth-order valence-electron chi connectivity index (χ4n) is 4.31. The van der Waals surface area contributed by atoms with Crippen LogP contribution in [-0.4, -0.2) is 48.5 Å². The SMILES string of the molecule is O=S(O)N[C@@H](c1ccc(Oc2ncccc2-c2ccnc(N[C@H]3CCCNC3)n2)c(F)c1F)C1(F)CC1. The molecule has 3 aromatic rings. The van der Waals surface area contributed by atoms with Gasteiger partial charge in [0.15, 0.2) is 11.6 Å². The summed E-state index contributed by atoms with van der Waals surface area (Å²) in [5, 5.41) is 6.61. The number of benzene rings is 1. The third-order valence-electron chi connectivity index (χ3n) is 6.39. The van der Waals surface area contributed by atoms with E-state index < -0.39 is 45.9 Å². The maximum Gasteiger partial charge on any atom is 0.232 e. The first-order valence-electron chi connectivity index (χ1n) is 11.8. The molecule has 1 aliphatic heterocycles. The Balaban J connectivity index is 1.41. The van der Waals surface area contributed by atoms with E-state index in [1.54, 1.807) is 24.4 Å². The van der Waals surface area contributed by atoms with Gasteiger partial charge in [0.2, 0.25) is 28.9 Å². The fraction of sp³-hybridized carbons (Fsp3) is 0.375. The maximum atomic E-state index is 15.1. The zero-order chi connectivity index (χ0) is 26.0. The van der Waals surface area contributed by atoms with Crippen LogP contribution in [0.1, 0.15) is 37.3 Å². The number of anilines is 1. The topological polar surface area (TPSA) is 121 Å². The van der Waals surface area contributed by atoms with Crippen molar-refractivity contribution in [1.29, 1.82) is 0 Å². The van der Waals surface area contributed by atoms with Gasteiger partial charge in [0.1, 0.15) is 5.67 Å². The molecule has 1 aliphatic carbocycles. The number of nitrogens with zero attached hydrogens (tertiary/aromatic N) is 3. The van der Waals surface area contributed by atoms with Crippen LogP contribution < -0.4 is 20.1 Å². The Morgan fingerprint density at radius 2 is 2.00 bits per heavy atom. The van der Waals surface area contributed by atoms with E-state index in [4.69, 9.17) is 9.29 Å². The van der Waals surface area contributed by atoms with E-state index in [-0.39, 0.29) is 24.8 Å². The van der Waals surface area contributed by atoms with Gasteiger partial charge in [-0.3, -0.25) is 4.55 Å². The summed E-state index contributed by atoms with van der Waals surface area (Å²) in [7, 11) is 0. The van der Waals surface area contributed by atoms with Gasteiger partial charge in [-0.1, -0.05) is 6.07 Å². The van der Waals surface area contributed by atoms with Crippen LogP contribution >= 0.6 is 0 Å². The number of halogens is 3. The van der Waals surface area contributed by atoms with Crippen molar-refractivity contribution in [2.45, 2.75) is 43.4 Å². The average molecular weight is 535 g/mol. The summed E-state index contributed by atoms with van der Waals surface area (Å²) in [6, 6.07) is 5.94. The molecule has 2 aromatic heterocycles. The third-order valence-corrected chi connectivity index (χ3v) is 6.83. The molecule has 1 aromatic carbocycles. The van der Waals surface area contributed by atoms with Gasteiger partial charge in [0.05, 0.1) is 17.3 Å². The average Bonchev–Trinajstić information content (AvgIpc) is 3.65. The molecule has 0 amide bonds. The number of alkyl halides is 1. The molecule has 0 spiro atoms. The summed E-state index contributed by atoms with van der Waals surface area (Å²) in [5.74, 6) is -2.83. The minimum atomic E-state index is -2.62. The highest BCUT2D eigenvalue weighted by atomic mass is 32.2. The minimum Gasteiger partial charge on any atom is -0.435 e. The molecular formula is C24H25F3N6O3S. The maximum absolute atomic E-state index is 15.1. The van der Waals surface area contributed by atoms with E-state index in [0.29, 0.717) is 17.2 Å². The number of nitrogens with one attached hydrogen (secondary N) is 3. The molecule has 0 bridgehead atoms. The van der Waals surface area contributed by atoms with Crippen molar-refractivity contribution in [3.8, 4) is 22.9 Å². The van der Waals surface area contributed by atoms with Gasteiger partial charge in [-0.05, 0) is 56.5 Å². The van der Waals surface area contributed by atoms with Crippen LogP contribution in [-0.2, 0) is 11.3 Å². The summed E-state index contributed by atoms with van der Waals surface area (Å²) in [4.78, 5) is 13.0. The van der Waals surface area contributed by atoms with Crippen LogP contribution in [0.5, 0.6) is 11.6 Å². The molecule has 196 valence electrons. The van der Waals surface area contributed by atoms with Crippen LogP contribution in [0.3, 0.4) is 0 Å². The smallest absolute Gasteiger partial charge is 0.232 e. The number of pyridine rings is 1. The van der Waals surface area contributed by atoms with Gasteiger partial charge in [-0.2, -0.15) is 4.39 Å². The molecule has 1 saturated carbocycles. The van der Waals surface area contributed by atoms with Crippen molar-refractivity contribution >= 4 is 17.2 Å². The summed E-state index contributed by atoms with van der Waals surface area (Å²) < 4.78 is 72.9. The quantitative estimate of drug-likeness (QED) is 0.304. The molecule has 0 radical (unpaired) electrons. The lowest BCUT2D eigenvalue weighted by Crippen LogP contribution is -2.38. The Morgan fingerprint density at radius 3 is 2.73 bits per heavy atom. The predicted molar refractivity (Wildman–Crippen MR) is 131 cm³/mol. The van der Waals surface area contributed by atoms with Gasteiger partial charge in [-0.25, -0.2) is 32.7 Å². The highest BCUT2D eigenvalue weighted by molar-refractivity contribution is 7.77. The molecule has 2 aliphatic rings. The van der Waals surface area contributed by atoms with E-state index in [0.717, 1.165) is 38.1 Å². The molecule has 9 nitrogen and oxygen atoms in total. The van der Waals surface area contributed by atoms with Crippen molar-refractivity contribution in [3.05, 3.63) is 59.9 Å². The highest BCUT2D eigenvalue weighted by Crippen LogP contribution is 2.50. The lowest BCUT2D eigenvalue weighted by molar-refractivity contribution is 0.239. The Bertz CT molecular complexity index is 1310. The van der Waals surface area contributed by atoms with E-state index in [1.165, 1.54) is 6.20 Å². The van der Waals surface area contributed by atoms with Crippen molar-refractivity contribution < 1.29 is 26.7 Å². The van der Waals surface area contributed by atoms with Crippen molar-refractivity contribution in [2.75, 3.05) is 18.4 Å². The highest BCUT2D eigenvalue weighted by Gasteiger charge is 2.52. The van der Waals surface area contributed by atoms with Gasteiger partial charge in [-0.15, -0.1) is 0 Å². The predicted octanol–water partition coefficient (Wildman–Crippen LogP) is 4.04. The second kappa shape index (κ2) is 10.7. The molecule has 37 heavy (non-hydrogen) atoms. The van der Waals surface area contributed by atoms with Crippen LogP contribution in [0.15, 0.2) is 42.7 Å². The fourth-order valence-corrected chi connectivity index (χ4v) is 4.85. The summed E-state index contributed by atoms with van der Waals surface area (Å²) in [6.07, 6.45) is 5.16. The monoisotopic (exact) mass is 534 g/mol. The van der Waals surface area contributed by atoms with Crippen molar-refractivity contribution in [2.24, 2.45) is 0 Å². The standard InChI is InChI=1S/C24H25F3N6O3S/c25-19-16(21(33-37(34)35)24(27)8-9-24)5-6-18(20(19)26)36-22-15(4-2-11-29-22)17-7-12-30-23(32-17)31-14-3-1-10-28-13-14/h2,4-7,11-12,14,21,28,33H,1,3,8-10,13H2,(H,34,35)(H,30,31,32)/t14-,21-/m0/s1. The third kappa shape index (κ3) is 5.74. The van der Waals surface area contributed by atoms with Crippen LogP contribution in [0, 0.1) is 11.6 Å². The molecule has 2 fully saturated rings. The summed E-state index contributed by atoms with van der Waals surface area (Å²) >= 11 is -2.62. The van der Waals surface area contributed by atoms with Crippen molar-refractivity contribution in [1.82, 2.24) is 25.0 Å². The zero-order valence-corrected chi connectivity index (χ0v) is 20.4. The lowest BCUT2D eigenvalue weighted by atomic mass is 10.0. The van der Waals surface area contributed by atoms with Gasteiger partial charge < -0.3 is 15.4 Å². The first kappa shape index (κ1) is 25.5. The number of piperidine rings is 1. The second-order valence-corrected chi connectivity index (χ2v) is 9.76. The number of rotatable bonds is 9. The lowest BCUT2D eigenvalue weighted by Gasteiger charge is -2.23. The molecule has 3 heterocycles. The van der Waals surface area contributed by atoms with E-state index in [1.807, 2.05) is 0 Å². The largest absolute Gasteiger partial charge is 0.435 e. The number of ether oxygens (including phenoxy) is 1. The normalized spacial score (nSPS) is 20.2. The molecule has 3 atom stereocenters. The number of hydrogen-bond donors (Lipinski definition) is 4. The van der Waals surface area contributed by atoms with E-state index >= 15 is 8.78 Å². The molecule has 1 saturated heterocycles. The van der Waals surface area contributed by atoms with E-state index in [2.05, 4.69) is 30.3 Å². The van der Waals surface area contributed by atoms with E-state index in [9.17, 15) is 8.60 Å². The summed E-state index contributed by atoms with van der Waals surface area (Å²) in [5.41, 5.74) is -1.45. The number of hydrogen-bond acceptors (Lipinski definition) is 7. The Hall–Kier alpha value is -3.13. The first-order valence-corrected chi connectivity index (χ1v) is 12.9. The van der Waals surface area contributed by atoms with Crippen LogP contribution in [0.25, 0.3) is 11.3 Å².